The summed E-state index contributed by atoms with van der Waals surface area (Å²) >= 11 is 6.76. The Balaban J connectivity index is 2.33. The molecule has 0 atom stereocenters. The first-order chi connectivity index (χ1) is 11.9. The first kappa shape index (κ1) is 17.7. The van der Waals surface area contributed by atoms with Gasteiger partial charge >= 0.3 is 5.97 Å². The SMILES string of the molecule is COc1c(Br)cc(Br)cc1C(=O)n1c(C)c(C(=O)O)c2ccccc21. The Hall–Kier alpha value is -2.12. The molecule has 0 fully saturated rings. The number of ether oxygens (including phenoxy) is 1. The van der Waals surface area contributed by atoms with Crippen LogP contribution < -0.4 is 4.74 Å². The van der Waals surface area contributed by atoms with Crippen LogP contribution in [-0.2, 0) is 0 Å². The number of aromatic carboxylic acids is 1. The first-order valence-corrected chi connectivity index (χ1v) is 8.86. The predicted molar refractivity (Wildman–Crippen MR) is 102 cm³/mol. The van der Waals surface area contributed by atoms with Crippen LogP contribution in [0.1, 0.15) is 26.4 Å². The highest BCUT2D eigenvalue weighted by Crippen LogP contribution is 2.35. The number of aromatic nitrogens is 1. The molecule has 0 aliphatic rings. The lowest BCUT2D eigenvalue weighted by molar-refractivity contribution is 0.0698. The van der Waals surface area contributed by atoms with Gasteiger partial charge in [0.1, 0.15) is 5.75 Å². The third-order valence-corrected chi connectivity index (χ3v) is 5.02. The van der Waals surface area contributed by atoms with Crippen molar-refractivity contribution in [2.75, 3.05) is 7.11 Å². The number of methoxy groups -OCH3 is 1. The highest BCUT2D eigenvalue weighted by Gasteiger charge is 2.25. The highest BCUT2D eigenvalue weighted by atomic mass is 79.9. The average Bonchev–Trinajstić information content (AvgIpc) is 2.85. The van der Waals surface area contributed by atoms with Crippen molar-refractivity contribution in [2.24, 2.45) is 0 Å². The van der Waals surface area contributed by atoms with Gasteiger partial charge < -0.3 is 9.84 Å². The summed E-state index contributed by atoms with van der Waals surface area (Å²) in [6.07, 6.45) is 0. The minimum absolute atomic E-state index is 0.122. The smallest absolute Gasteiger partial charge is 0.338 e. The molecule has 25 heavy (non-hydrogen) atoms. The number of benzene rings is 2. The van der Waals surface area contributed by atoms with E-state index in [1.807, 2.05) is 0 Å². The topological polar surface area (TPSA) is 68.5 Å². The van der Waals surface area contributed by atoms with Crippen molar-refractivity contribution >= 4 is 54.6 Å². The van der Waals surface area contributed by atoms with Crippen molar-refractivity contribution in [2.45, 2.75) is 6.92 Å². The fourth-order valence-corrected chi connectivity index (χ4v) is 4.33. The predicted octanol–water partition coefficient (Wildman–Crippen LogP) is 4.87. The largest absolute Gasteiger partial charge is 0.495 e. The van der Waals surface area contributed by atoms with Gasteiger partial charge in [0.25, 0.3) is 5.91 Å². The Morgan fingerprint density at radius 1 is 1.16 bits per heavy atom. The number of rotatable bonds is 3. The molecular formula is C18H13Br2NO4. The van der Waals surface area contributed by atoms with Gasteiger partial charge in [0.2, 0.25) is 0 Å². The van der Waals surface area contributed by atoms with Gasteiger partial charge in [0.05, 0.1) is 28.2 Å². The quantitative estimate of drug-likeness (QED) is 0.597. The Bertz CT molecular complexity index is 1020. The molecule has 1 heterocycles. The van der Waals surface area contributed by atoms with E-state index >= 15 is 0 Å². The molecular weight excluding hydrogens is 454 g/mol. The van der Waals surface area contributed by atoms with E-state index in [4.69, 9.17) is 4.74 Å². The number of hydrogen-bond donors (Lipinski definition) is 1. The summed E-state index contributed by atoms with van der Waals surface area (Å²) in [5.41, 5.74) is 1.36. The van der Waals surface area contributed by atoms with Crippen LogP contribution in [0.2, 0.25) is 0 Å². The number of carboxylic acids is 1. The minimum atomic E-state index is -1.07. The molecule has 0 saturated heterocycles. The lowest BCUT2D eigenvalue weighted by Gasteiger charge is -2.13. The van der Waals surface area contributed by atoms with Gasteiger partial charge in [-0.2, -0.15) is 0 Å². The lowest BCUT2D eigenvalue weighted by atomic mass is 10.1. The number of carbonyl (C=O) groups excluding carboxylic acids is 1. The molecule has 1 aromatic heterocycles. The molecule has 0 unspecified atom stereocenters. The maximum atomic E-state index is 13.2. The molecule has 0 spiro atoms. The van der Waals surface area contributed by atoms with E-state index < -0.39 is 5.97 Å². The molecule has 5 nitrogen and oxygen atoms in total. The Labute approximate surface area is 160 Å². The van der Waals surface area contributed by atoms with E-state index in [0.29, 0.717) is 36.9 Å². The summed E-state index contributed by atoms with van der Waals surface area (Å²) in [4.78, 5) is 24.9. The third kappa shape index (κ3) is 2.87. The van der Waals surface area contributed by atoms with Crippen molar-refractivity contribution in [3.63, 3.8) is 0 Å². The number of carbonyl (C=O) groups is 2. The summed E-state index contributed by atoms with van der Waals surface area (Å²) < 4.78 is 8.10. The maximum absolute atomic E-state index is 13.2. The monoisotopic (exact) mass is 465 g/mol. The van der Waals surface area contributed by atoms with Gasteiger partial charge in [-0.15, -0.1) is 0 Å². The van der Waals surface area contributed by atoms with Gasteiger partial charge in [-0.3, -0.25) is 9.36 Å². The zero-order chi connectivity index (χ0) is 18.3. The second kappa shape index (κ2) is 6.65. The summed E-state index contributed by atoms with van der Waals surface area (Å²) in [6.45, 7) is 1.63. The van der Waals surface area contributed by atoms with E-state index in [-0.39, 0.29) is 11.5 Å². The fourth-order valence-electron chi connectivity index (χ4n) is 2.95. The number of nitrogens with zero attached hydrogens (tertiary/aromatic N) is 1. The molecule has 128 valence electrons. The van der Waals surface area contributed by atoms with Crippen LogP contribution in [0.5, 0.6) is 5.75 Å². The van der Waals surface area contributed by atoms with E-state index in [9.17, 15) is 14.7 Å². The van der Waals surface area contributed by atoms with Gasteiger partial charge in [-0.1, -0.05) is 34.1 Å². The molecule has 0 radical (unpaired) electrons. The van der Waals surface area contributed by atoms with E-state index in [0.717, 1.165) is 0 Å². The van der Waals surface area contributed by atoms with Crippen LogP contribution >= 0.6 is 31.9 Å². The first-order valence-electron chi connectivity index (χ1n) is 7.28. The normalized spacial score (nSPS) is 10.9. The molecule has 0 amide bonds. The van der Waals surface area contributed by atoms with Crippen LogP contribution in [-0.4, -0.2) is 28.7 Å². The second-order valence-electron chi connectivity index (χ2n) is 5.39. The van der Waals surface area contributed by atoms with Gasteiger partial charge in [-0.05, 0) is 41.1 Å². The molecule has 0 aliphatic carbocycles. The Kier molecular flexibility index (Phi) is 4.71. The summed E-state index contributed by atoms with van der Waals surface area (Å²) in [6, 6.07) is 10.4. The maximum Gasteiger partial charge on any atom is 0.338 e. The minimum Gasteiger partial charge on any atom is -0.495 e. The van der Waals surface area contributed by atoms with Crippen molar-refractivity contribution in [1.82, 2.24) is 4.57 Å². The summed E-state index contributed by atoms with van der Waals surface area (Å²) in [5, 5.41) is 10.1. The molecule has 0 saturated carbocycles. The standard InChI is InChI=1S/C18H13Br2NO4/c1-9-15(18(23)24)11-5-3-4-6-14(11)21(9)17(22)12-7-10(19)8-13(20)16(12)25-2/h3-8H,1-2H3,(H,23,24). The number of para-hydroxylation sites is 1. The van der Waals surface area contributed by atoms with Crippen molar-refractivity contribution in [1.29, 1.82) is 0 Å². The number of hydrogen-bond acceptors (Lipinski definition) is 3. The molecule has 3 aromatic rings. The molecule has 3 rings (SSSR count). The average molecular weight is 467 g/mol. The number of carboxylic acid groups (broad SMARTS) is 1. The van der Waals surface area contributed by atoms with E-state index in [1.165, 1.54) is 11.7 Å². The van der Waals surface area contributed by atoms with Crippen LogP contribution in [0, 0.1) is 6.92 Å². The zero-order valence-corrected chi connectivity index (χ0v) is 16.5. The number of halogens is 2. The van der Waals surface area contributed by atoms with Crippen LogP contribution in [0.15, 0.2) is 45.3 Å². The number of fused-ring (bicyclic) bond motifs is 1. The van der Waals surface area contributed by atoms with Crippen molar-refractivity contribution in [3.05, 3.63) is 62.2 Å². The fraction of sp³-hybridized carbons (Fsp3) is 0.111. The van der Waals surface area contributed by atoms with E-state index in [2.05, 4.69) is 31.9 Å². The molecule has 2 aromatic carbocycles. The second-order valence-corrected chi connectivity index (χ2v) is 7.16. The van der Waals surface area contributed by atoms with Crippen LogP contribution in [0.3, 0.4) is 0 Å². The molecule has 0 bridgehead atoms. The van der Waals surface area contributed by atoms with Crippen molar-refractivity contribution < 1.29 is 19.4 Å². The van der Waals surface area contributed by atoms with Crippen LogP contribution in [0.4, 0.5) is 0 Å². The molecule has 1 N–H and O–H groups in total. The zero-order valence-electron chi connectivity index (χ0n) is 13.3. The van der Waals surface area contributed by atoms with Crippen LogP contribution in [0.25, 0.3) is 10.9 Å². The molecule has 7 heteroatoms. The third-order valence-electron chi connectivity index (χ3n) is 3.97. The van der Waals surface area contributed by atoms with Gasteiger partial charge in [0.15, 0.2) is 0 Å². The van der Waals surface area contributed by atoms with Crippen molar-refractivity contribution in [3.8, 4) is 5.75 Å². The summed E-state index contributed by atoms with van der Waals surface area (Å²) in [5.74, 6) is -1.04. The molecule has 0 aliphatic heterocycles. The Morgan fingerprint density at radius 2 is 1.84 bits per heavy atom. The van der Waals surface area contributed by atoms with Gasteiger partial charge in [-0.25, -0.2) is 4.79 Å². The van der Waals surface area contributed by atoms with Gasteiger partial charge in [0, 0.05) is 15.6 Å². The van der Waals surface area contributed by atoms with E-state index in [1.54, 1.807) is 43.3 Å². The highest BCUT2D eigenvalue weighted by molar-refractivity contribution is 9.11. The Morgan fingerprint density at radius 3 is 2.48 bits per heavy atom. The summed E-state index contributed by atoms with van der Waals surface area (Å²) in [7, 11) is 1.48. The lowest BCUT2D eigenvalue weighted by Crippen LogP contribution is -2.15.